The number of ether oxygens (including phenoxy) is 3. The number of carbonyl (C=O) groups excluding carboxylic acids is 2. The van der Waals surface area contributed by atoms with Gasteiger partial charge < -0.3 is 9.47 Å². The van der Waals surface area contributed by atoms with E-state index in [1.165, 1.54) is 25.6 Å². The van der Waals surface area contributed by atoms with Gasteiger partial charge in [0.15, 0.2) is 0 Å². The lowest BCUT2D eigenvalue weighted by atomic mass is 10.6. The summed E-state index contributed by atoms with van der Waals surface area (Å²) >= 11 is 1.28. The molecule has 1 aliphatic rings. The van der Waals surface area contributed by atoms with E-state index in [0.717, 1.165) is 0 Å². The highest BCUT2D eigenvalue weighted by Crippen LogP contribution is 2.37. The Morgan fingerprint density at radius 3 is 2.57 bits per heavy atom. The molecule has 1 heterocycles. The molecule has 0 aliphatic carbocycles. The average molecular weight is 220 g/mol. The van der Waals surface area contributed by atoms with Crippen molar-refractivity contribution in [3.8, 4) is 0 Å². The molecule has 1 saturated heterocycles. The Balaban J connectivity index is 2.46. The van der Waals surface area contributed by atoms with E-state index >= 15 is 0 Å². The van der Waals surface area contributed by atoms with Crippen molar-refractivity contribution in [3.63, 3.8) is 0 Å². The zero-order chi connectivity index (χ0) is 10.8. The van der Waals surface area contributed by atoms with Gasteiger partial charge in [0.1, 0.15) is 0 Å². The topological polar surface area (TPSA) is 61.8 Å². The zero-order valence-electron chi connectivity index (χ0n) is 8.23. The van der Waals surface area contributed by atoms with Crippen LogP contribution >= 0.6 is 11.8 Å². The predicted octanol–water partition coefficient (Wildman–Crippen LogP) is 0.876. The Morgan fingerprint density at radius 1 is 1.43 bits per heavy atom. The van der Waals surface area contributed by atoms with Crippen LogP contribution in [0.4, 0.5) is 0 Å². The van der Waals surface area contributed by atoms with Crippen LogP contribution in [0.3, 0.4) is 0 Å². The van der Waals surface area contributed by atoms with Gasteiger partial charge in [-0.15, -0.1) is 0 Å². The van der Waals surface area contributed by atoms with Gasteiger partial charge in [-0.2, -0.15) is 0 Å². The number of hydrogen-bond acceptors (Lipinski definition) is 6. The molecule has 5 nitrogen and oxygen atoms in total. The zero-order valence-corrected chi connectivity index (χ0v) is 9.05. The van der Waals surface area contributed by atoms with E-state index in [0.29, 0.717) is 5.75 Å². The molecule has 0 aromatic carbocycles. The molecule has 80 valence electrons. The SMILES string of the molecule is CC(=O)OC1CSC(C)(OC(C)=O)O1. The van der Waals surface area contributed by atoms with Crippen molar-refractivity contribution in [3.05, 3.63) is 0 Å². The monoisotopic (exact) mass is 220 g/mol. The normalized spacial score (nSPS) is 31.2. The Kier molecular flexibility index (Phi) is 3.38. The predicted molar refractivity (Wildman–Crippen MR) is 49.3 cm³/mol. The second-order valence-corrected chi connectivity index (χ2v) is 4.29. The third kappa shape index (κ3) is 3.19. The number of hydrogen-bond donors (Lipinski definition) is 0. The fraction of sp³-hybridized carbons (Fsp3) is 0.750. The van der Waals surface area contributed by atoms with E-state index in [1.54, 1.807) is 6.92 Å². The van der Waals surface area contributed by atoms with Crippen LogP contribution < -0.4 is 0 Å². The molecule has 0 aromatic rings. The minimum absolute atomic E-state index is 0.414. The van der Waals surface area contributed by atoms with Gasteiger partial charge in [0, 0.05) is 20.8 Å². The molecule has 0 aromatic heterocycles. The Labute approximate surface area is 86.1 Å². The van der Waals surface area contributed by atoms with Crippen molar-refractivity contribution < 1.29 is 23.8 Å². The lowest BCUT2D eigenvalue weighted by Gasteiger charge is -2.22. The summed E-state index contributed by atoms with van der Waals surface area (Å²) in [6, 6.07) is 0. The van der Waals surface area contributed by atoms with Crippen molar-refractivity contribution >= 4 is 23.7 Å². The van der Waals surface area contributed by atoms with Gasteiger partial charge in [-0.05, 0) is 0 Å². The first-order valence-electron chi connectivity index (χ1n) is 4.10. The average Bonchev–Trinajstić information content (AvgIpc) is 2.28. The van der Waals surface area contributed by atoms with Crippen LogP contribution in [-0.2, 0) is 23.8 Å². The Bertz CT molecular complexity index is 254. The molecule has 6 heteroatoms. The summed E-state index contributed by atoms with van der Waals surface area (Å²) in [5, 5.41) is -1.04. The van der Waals surface area contributed by atoms with Crippen LogP contribution in [0.2, 0.25) is 0 Å². The van der Waals surface area contributed by atoms with Gasteiger partial charge in [-0.1, -0.05) is 11.8 Å². The minimum atomic E-state index is -1.04. The van der Waals surface area contributed by atoms with Crippen molar-refractivity contribution in [1.82, 2.24) is 0 Å². The summed E-state index contributed by atoms with van der Waals surface area (Å²) in [6.45, 7) is 4.21. The molecule has 0 radical (unpaired) electrons. The highest BCUT2D eigenvalue weighted by Gasteiger charge is 2.41. The van der Waals surface area contributed by atoms with Crippen LogP contribution in [0, 0.1) is 0 Å². The Morgan fingerprint density at radius 2 is 2.07 bits per heavy atom. The van der Waals surface area contributed by atoms with Gasteiger partial charge in [0.2, 0.25) is 6.29 Å². The number of rotatable bonds is 2. The largest absolute Gasteiger partial charge is 0.435 e. The molecule has 1 aliphatic heterocycles. The standard InChI is InChI=1S/C8H12O5S/c1-5(9)11-7-4-14-8(3,13-7)12-6(2)10/h7H,4H2,1-3H3. The maximum atomic E-state index is 10.7. The van der Waals surface area contributed by atoms with E-state index in [2.05, 4.69) is 0 Å². The van der Waals surface area contributed by atoms with E-state index in [4.69, 9.17) is 14.2 Å². The Hall–Kier alpha value is -0.750. The van der Waals surface area contributed by atoms with Crippen LogP contribution in [0.5, 0.6) is 0 Å². The molecule has 14 heavy (non-hydrogen) atoms. The summed E-state index contributed by atoms with van der Waals surface area (Å²) in [4.78, 5) is 21.3. The van der Waals surface area contributed by atoms with Crippen molar-refractivity contribution in [2.45, 2.75) is 32.2 Å². The molecule has 2 unspecified atom stereocenters. The van der Waals surface area contributed by atoms with Crippen molar-refractivity contribution in [1.29, 1.82) is 0 Å². The molecule has 2 atom stereocenters. The highest BCUT2D eigenvalue weighted by molar-refractivity contribution is 8.00. The first-order chi connectivity index (χ1) is 6.41. The van der Waals surface area contributed by atoms with E-state index < -0.39 is 23.3 Å². The second-order valence-electron chi connectivity index (χ2n) is 2.92. The molecule has 0 N–H and O–H groups in total. The number of esters is 2. The molecule has 0 spiro atoms. The second kappa shape index (κ2) is 4.18. The molecule has 0 amide bonds. The van der Waals surface area contributed by atoms with E-state index in [-0.39, 0.29) is 0 Å². The minimum Gasteiger partial charge on any atom is -0.435 e. The third-order valence-electron chi connectivity index (χ3n) is 1.45. The van der Waals surface area contributed by atoms with Gasteiger partial charge in [0.05, 0.1) is 5.75 Å². The van der Waals surface area contributed by atoms with Gasteiger partial charge >= 0.3 is 11.9 Å². The molecular weight excluding hydrogens is 208 g/mol. The van der Waals surface area contributed by atoms with E-state index in [1.807, 2.05) is 0 Å². The summed E-state index contributed by atoms with van der Waals surface area (Å²) in [7, 11) is 0. The van der Waals surface area contributed by atoms with Crippen molar-refractivity contribution in [2.24, 2.45) is 0 Å². The first-order valence-corrected chi connectivity index (χ1v) is 5.08. The van der Waals surface area contributed by atoms with Crippen LogP contribution in [0.15, 0.2) is 0 Å². The smallest absolute Gasteiger partial charge is 0.305 e. The maximum absolute atomic E-state index is 10.7. The van der Waals surface area contributed by atoms with Gasteiger partial charge in [-0.3, -0.25) is 14.3 Å². The van der Waals surface area contributed by atoms with Gasteiger partial charge in [-0.25, -0.2) is 0 Å². The number of thioether (sulfide) groups is 1. The maximum Gasteiger partial charge on any atom is 0.305 e. The first kappa shape index (κ1) is 11.3. The van der Waals surface area contributed by atoms with E-state index in [9.17, 15) is 9.59 Å². The number of carbonyl (C=O) groups is 2. The molecular formula is C8H12O5S. The highest BCUT2D eigenvalue weighted by atomic mass is 32.2. The lowest BCUT2D eigenvalue weighted by molar-refractivity contribution is -0.228. The fourth-order valence-electron chi connectivity index (χ4n) is 1.08. The summed E-state index contributed by atoms with van der Waals surface area (Å²) < 4.78 is 15.0. The van der Waals surface area contributed by atoms with Crippen LogP contribution in [0.25, 0.3) is 0 Å². The van der Waals surface area contributed by atoms with Gasteiger partial charge in [0.25, 0.3) is 5.12 Å². The molecule has 1 rings (SSSR count). The van der Waals surface area contributed by atoms with Crippen molar-refractivity contribution in [2.75, 3.05) is 5.75 Å². The molecule has 1 fully saturated rings. The summed E-state index contributed by atoms with van der Waals surface area (Å²) in [5.74, 6) is -0.380. The fourth-order valence-corrected chi connectivity index (χ4v) is 2.01. The third-order valence-corrected chi connectivity index (χ3v) is 2.60. The summed E-state index contributed by atoms with van der Waals surface area (Å²) in [6.07, 6.45) is -0.637. The molecule has 0 saturated carbocycles. The quantitative estimate of drug-likeness (QED) is 0.644. The molecule has 0 bridgehead atoms. The summed E-state index contributed by atoms with van der Waals surface area (Å²) in [5.41, 5.74) is 0. The lowest BCUT2D eigenvalue weighted by Crippen LogP contribution is -2.29. The van der Waals surface area contributed by atoms with Crippen LogP contribution in [0.1, 0.15) is 20.8 Å². The van der Waals surface area contributed by atoms with Crippen LogP contribution in [-0.4, -0.2) is 29.1 Å².